The van der Waals surface area contributed by atoms with Gasteiger partial charge in [-0.3, -0.25) is 4.79 Å². The number of aliphatic hydroxyl groups is 1. The van der Waals surface area contributed by atoms with Gasteiger partial charge in [-0.2, -0.15) is 0 Å². The van der Waals surface area contributed by atoms with Gasteiger partial charge in [0.2, 0.25) is 0 Å². The lowest BCUT2D eigenvalue weighted by atomic mass is 10.1. The molecule has 2 N–H and O–H groups in total. The molecule has 0 radical (unpaired) electrons. The second-order valence-corrected chi connectivity index (χ2v) is 5.44. The van der Waals surface area contributed by atoms with E-state index in [1.54, 1.807) is 18.2 Å². The Morgan fingerprint density at radius 3 is 2.76 bits per heavy atom. The molecule has 0 aliphatic carbocycles. The first-order valence-electron chi connectivity index (χ1n) is 6.57. The van der Waals surface area contributed by atoms with Crippen molar-refractivity contribution in [2.45, 2.75) is 12.8 Å². The molecule has 3 nitrogen and oxygen atoms in total. The van der Waals surface area contributed by atoms with E-state index in [0.29, 0.717) is 12.1 Å². The van der Waals surface area contributed by atoms with Crippen molar-refractivity contribution in [3.8, 4) is 0 Å². The van der Waals surface area contributed by atoms with Gasteiger partial charge in [-0.1, -0.05) is 18.2 Å². The average Bonchev–Trinajstić information content (AvgIpc) is 2.48. The number of amides is 1. The minimum absolute atomic E-state index is 0.00913. The number of rotatable bonds is 5. The molecule has 2 aromatic rings. The van der Waals surface area contributed by atoms with E-state index >= 15 is 0 Å². The van der Waals surface area contributed by atoms with Gasteiger partial charge in [-0.15, -0.1) is 0 Å². The highest BCUT2D eigenvalue weighted by Crippen LogP contribution is 2.20. The maximum Gasteiger partial charge on any atom is 0.258 e. The van der Waals surface area contributed by atoms with Crippen LogP contribution in [0, 0.1) is 5.82 Å². The van der Waals surface area contributed by atoms with E-state index in [1.165, 1.54) is 6.07 Å². The van der Waals surface area contributed by atoms with Gasteiger partial charge >= 0.3 is 0 Å². The van der Waals surface area contributed by atoms with Crippen LogP contribution in [-0.2, 0) is 6.42 Å². The number of aryl methyl sites for hydroxylation is 1. The lowest BCUT2D eigenvalue weighted by molar-refractivity contribution is 0.102. The molecule has 0 bridgehead atoms. The van der Waals surface area contributed by atoms with Gasteiger partial charge in [-0.05, 0) is 58.6 Å². The predicted molar refractivity (Wildman–Crippen MR) is 83.9 cm³/mol. The average molecular weight is 352 g/mol. The number of hydrogen-bond donors (Lipinski definition) is 2. The summed E-state index contributed by atoms with van der Waals surface area (Å²) in [6.07, 6.45) is 1.39. The van der Waals surface area contributed by atoms with Crippen LogP contribution in [-0.4, -0.2) is 17.6 Å². The minimum Gasteiger partial charge on any atom is -0.396 e. The zero-order chi connectivity index (χ0) is 15.2. The van der Waals surface area contributed by atoms with Crippen LogP contribution in [0.4, 0.5) is 10.1 Å². The number of carbonyl (C=O) groups is 1. The highest BCUT2D eigenvalue weighted by molar-refractivity contribution is 9.10. The lowest BCUT2D eigenvalue weighted by Crippen LogP contribution is -2.14. The number of halogens is 2. The Morgan fingerprint density at radius 1 is 1.24 bits per heavy atom. The van der Waals surface area contributed by atoms with E-state index < -0.39 is 11.7 Å². The monoisotopic (exact) mass is 351 g/mol. The summed E-state index contributed by atoms with van der Waals surface area (Å²) in [4.78, 5) is 12.1. The third-order valence-corrected chi connectivity index (χ3v) is 3.62. The summed E-state index contributed by atoms with van der Waals surface area (Å²) in [5.41, 5.74) is 1.61. The molecule has 2 rings (SSSR count). The second-order valence-electron chi connectivity index (χ2n) is 4.58. The highest BCUT2D eigenvalue weighted by atomic mass is 79.9. The maximum atomic E-state index is 13.9. The predicted octanol–water partition coefficient (Wildman–Crippen LogP) is 3.77. The molecule has 0 aliphatic heterocycles. The molecule has 0 saturated heterocycles. The molecule has 5 heteroatoms. The third kappa shape index (κ3) is 4.12. The van der Waals surface area contributed by atoms with Crippen molar-refractivity contribution in [1.29, 1.82) is 0 Å². The molecule has 0 heterocycles. The van der Waals surface area contributed by atoms with Crippen molar-refractivity contribution >= 4 is 27.5 Å². The molecule has 1 amide bonds. The van der Waals surface area contributed by atoms with Gasteiger partial charge < -0.3 is 10.4 Å². The molecule has 0 spiro atoms. The van der Waals surface area contributed by atoms with E-state index in [9.17, 15) is 9.18 Å². The summed E-state index contributed by atoms with van der Waals surface area (Å²) >= 11 is 3.06. The van der Waals surface area contributed by atoms with Crippen LogP contribution in [0.1, 0.15) is 22.3 Å². The fourth-order valence-electron chi connectivity index (χ4n) is 1.97. The fourth-order valence-corrected chi connectivity index (χ4v) is 2.33. The summed E-state index contributed by atoms with van der Waals surface area (Å²) in [6, 6.07) is 11.9. The largest absolute Gasteiger partial charge is 0.396 e. The standard InChI is InChI=1S/C16H15BrFNO2/c17-14-8-2-7-13(15(14)18)16(21)19-12-6-1-4-11(10-12)5-3-9-20/h1-2,4,6-8,10,20H,3,5,9H2,(H,19,21). The summed E-state index contributed by atoms with van der Waals surface area (Å²) in [7, 11) is 0. The van der Waals surface area contributed by atoms with Crippen LogP contribution in [0.5, 0.6) is 0 Å². The summed E-state index contributed by atoms with van der Waals surface area (Å²) in [5, 5.41) is 11.5. The summed E-state index contributed by atoms with van der Waals surface area (Å²) in [5.74, 6) is -1.07. The van der Waals surface area contributed by atoms with Crippen LogP contribution in [0.25, 0.3) is 0 Å². The number of aliphatic hydroxyl groups excluding tert-OH is 1. The van der Waals surface area contributed by atoms with Gasteiger partial charge in [0.1, 0.15) is 5.82 Å². The van der Waals surface area contributed by atoms with E-state index in [2.05, 4.69) is 21.2 Å². The van der Waals surface area contributed by atoms with Gasteiger partial charge in [0.05, 0.1) is 10.0 Å². The van der Waals surface area contributed by atoms with E-state index in [1.807, 2.05) is 18.2 Å². The van der Waals surface area contributed by atoms with Gasteiger partial charge in [0.25, 0.3) is 5.91 Å². The Balaban J connectivity index is 2.14. The number of anilines is 1. The van der Waals surface area contributed by atoms with Crippen LogP contribution in [0.15, 0.2) is 46.9 Å². The molecule has 2 aromatic carbocycles. The van der Waals surface area contributed by atoms with E-state index in [-0.39, 0.29) is 16.6 Å². The number of hydrogen-bond acceptors (Lipinski definition) is 2. The number of benzene rings is 2. The normalized spacial score (nSPS) is 10.4. The fraction of sp³-hybridized carbons (Fsp3) is 0.188. The van der Waals surface area contributed by atoms with Crippen molar-refractivity contribution < 1.29 is 14.3 Å². The number of carbonyl (C=O) groups excluding carboxylic acids is 1. The zero-order valence-corrected chi connectivity index (χ0v) is 12.9. The lowest BCUT2D eigenvalue weighted by Gasteiger charge is -2.08. The molecule has 0 aliphatic rings. The van der Waals surface area contributed by atoms with Gasteiger partial charge in [0, 0.05) is 12.3 Å². The van der Waals surface area contributed by atoms with Crippen molar-refractivity contribution in [1.82, 2.24) is 0 Å². The smallest absolute Gasteiger partial charge is 0.258 e. The minimum atomic E-state index is -0.577. The van der Waals surface area contributed by atoms with Gasteiger partial charge in [0.15, 0.2) is 0 Å². The Hall–Kier alpha value is -1.72. The molecular formula is C16H15BrFNO2. The highest BCUT2D eigenvalue weighted by Gasteiger charge is 2.14. The molecule has 0 saturated carbocycles. The van der Waals surface area contributed by atoms with Crippen molar-refractivity contribution in [2.75, 3.05) is 11.9 Å². The third-order valence-electron chi connectivity index (χ3n) is 3.00. The molecule has 110 valence electrons. The van der Waals surface area contributed by atoms with E-state index in [0.717, 1.165) is 12.0 Å². The molecule has 0 atom stereocenters. The SMILES string of the molecule is O=C(Nc1cccc(CCCO)c1)c1cccc(Br)c1F. The molecule has 0 fully saturated rings. The summed E-state index contributed by atoms with van der Waals surface area (Å²) < 4.78 is 14.1. The topological polar surface area (TPSA) is 49.3 Å². The second kappa shape index (κ2) is 7.33. The molecule has 21 heavy (non-hydrogen) atoms. The quantitative estimate of drug-likeness (QED) is 0.861. The van der Waals surface area contributed by atoms with Crippen molar-refractivity contribution in [2.24, 2.45) is 0 Å². The Morgan fingerprint density at radius 2 is 2.00 bits per heavy atom. The van der Waals surface area contributed by atoms with Crippen LogP contribution < -0.4 is 5.32 Å². The number of nitrogens with one attached hydrogen (secondary N) is 1. The molecule has 0 aromatic heterocycles. The first kappa shape index (κ1) is 15.7. The first-order valence-corrected chi connectivity index (χ1v) is 7.36. The van der Waals surface area contributed by atoms with E-state index in [4.69, 9.17) is 5.11 Å². The van der Waals surface area contributed by atoms with Crippen LogP contribution in [0.2, 0.25) is 0 Å². The Labute approximate surface area is 130 Å². The zero-order valence-electron chi connectivity index (χ0n) is 11.3. The molecule has 0 unspecified atom stereocenters. The molecular weight excluding hydrogens is 337 g/mol. The van der Waals surface area contributed by atoms with Crippen LogP contribution >= 0.6 is 15.9 Å². The maximum absolute atomic E-state index is 13.9. The Bertz CT molecular complexity index is 646. The summed E-state index contributed by atoms with van der Waals surface area (Å²) in [6.45, 7) is 0.125. The van der Waals surface area contributed by atoms with Crippen molar-refractivity contribution in [3.05, 3.63) is 63.9 Å². The Kier molecular flexibility index (Phi) is 5.47. The van der Waals surface area contributed by atoms with Gasteiger partial charge in [-0.25, -0.2) is 4.39 Å². The first-order chi connectivity index (χ1) is 10.1. The van der Waals surface area contributed by atoms with Crippen molar-refractivity contribution in [3.63, 3.8) is 0 Å². The van der Waals surface area contributed by atoms with Crippen LogP contribution in [0.3, 0.4) is 0 Å².